The summed E-state index contributed by atoms with van der Waals surface area (Å²) in [5, 5.41) is 8.91. The van der Waals surface area contributed by atoms with Crippen molar-refractivity contribution in [2.45, 2.75) is 26.3 Å². The fourth-order valence-corrected chi connectivity index (χ4v) is 2.24. The molecule has 1 aromatic rings. The van der Waals surface area contributed by atoms with Crippen LogP contribution < -0.4 is 0 Å². The van der Waals surface area contributed by atoms with E-state index < -0.39 is 12.0 Å². The van der Waals surface area contributed by atoms with Gasteiger partial charge >= 0.3 is 5.97 Å². The van der Waals surface area contributed by atoms with E-state index in [4.69, 9.17) is 9.84 Å². The molecule has 1 atom stereocenters. The number of carboxylic acid groups (broad SMARTS) is 1. The van der Waals surface area contributed by atoms with Gasteiger partial charge in [0.15, 0.2) is 0 Å². The zero-order chi connectivity index (χ0) is 14.7. The summed E-state index contributed by atoms with van der Waals surface area (Å²) in [5.41, 5.74) is 1.01. The van der Waals surface area contributed by atoms with Crippen LogP contribution in [0, 0.1) is 13.8 Å². The van der Waals surface area contributed by atoms with E-state index in [1.807, 2.05) is 0 Å². The maximum absolute atomic E-state index is 12.5. The molecule has 1 fully saturated rings. The van der Waals surface area contributed by atoms with Crippen molar-refractivity contribution in [2.75, 3.05) is 19.8 Å². The SMILES string of the molecule is Cc1ncc(C(=O)N2CCOCC2CC(=O)O)c(C)n1. The lowest BCUT2D eigenvalue weighted by Gasteiger charge is -2.35. The van der Waals surface area contributed by atoms with Crippen LogP contribution in [0.2, 0.25) is 0 Å². The first-order valence-corrected chi connectivity index (χ1v) is 6.39. The number of aryl methyl sites for hydroxylation is 2. The molecule has 2 heterocycles. The predicted octanol–water partition coefficient (Wildman–Crippen LogP) is 0.409. The molecule has 1 unspecified atom stereocenters. The van der Waals surface area contributed by atoms with Crippen molar-refractivity contribution in [1.29, 1.82) is 0 Å². The number of nitrogens with zero attached hydrogens (tertiary/aromatic N) is 3. The van der Waals surface area contributed by atoms with E-state index in [1.165, 1.54) is 6.20 Å². The minimum Gasteiger partial charge on any atom is -0.481 e. The normalized spacial score (nSPS) is 18.9. The van der Waals surface area contributed by atoms with E-state index in [9.17, 15) is 9.59 Å². The number of hydrogen-bond donors (Lipinski definition) is 1. The van der Waals surface area contributed by atoms with Crippen LogP contribution >= 0.6 is 0 Å². The Morgan fingerprint density at radius 1 is 1.50 bits per heavy atom. The third-order valence-corrected chi connectivity index (χ3v) is 3.23. The van der Waals surface area contributed by atoms with Crippen LogP contribution in [-0.2, 0) is 9.53 Å². The summed E-state index contributed by atoms with van der Waals surface area (Å²) in [6.07, 6.45) is 1.37. The summed E-state index contributed by atoms with van der Waals surface area (Å²) < 4.78 is 5.26. The highest BCUT2D eigenvalue weighted by atomic mass is 16.5. The van der Waals surface area contributed by atoms with Crippen LogP contribution in [0.3, 0.4) is 0 Å². The Kier molecular flexibility index (Phi) is 4.29. The van der Waals surface area contributed by atoms with E-state index in [1.54, 1.807) is 18.7 Å². The highest BCUT2D eigenvalue weighted by molar-refractivity contribution is 5.95. The molecule has 1 aromatic heterocycles. The monoisotopic (exact) mass is 279 g/mol. The summed E-state index contributed by atoms with van der Waals surface area (Å²) in [6, 6.07) is -0.450. The van der Waals surface area contributed by atoms with Crippen molar-refractivity contribution in [3.63, 3.8) is 0 Å². The molecule has 1 N–H and O–H groups in total. The van der Waals surface area contributed by atoms with Crippen LogP contribution in [0.5, 0.6) is 0 Å². The van der Waals surface area contributed by atoms with E-state index in [2.05, 4.69) is 9.97 Å². The molecule has 0 aromatic carbocycles. The van der Waals surface area contributed by atoms with Crippen LogP contribution in [0.4, 0.5) is 0 Å². The van der Waals surface area contributed by atoms with Gasteiger partial charge in [-0.3, -0.25) is 9.59 Å². The minimum absolute atomic E-state index is 0.127. The van der Waals surface area contributed by atoms with Gasteiger partial charge in [0.05, 0.1) is 36.9 Å². The van der Waals surface area contributed by atoms with Crippen molar-refractivity contribution in [1.82, 2.24) is 14.9 Å². The van der Waals surface area contributed by atoms with Gasteiger partial charge in [-0.1, -0.05) is 0 Å². The Bertz CT molecular complexity index is 532. The molecule has 0 aliphatic carbocycles. The lowest BCUT2D eigenvalue weighted by Crippen LogP contribution is -2.49. The third-order valence-electron chi connectivity index (χ3n) is 3.23. The lowest BCUT2D eigenvalue weighted by molar-refractivity contribution is -0.139. The number of aliphatic carboxylic acids is 1. The van der Waals surface area contributed by atoms with Crippen molar-refractivity contribution < 1.29 is 19.4 Å². The summed E-state index contributed by atoms with van der Waals surface area (Å²) in [6.45, 7) is 4.53. The molecule has 108 valence electrons. The molecule has 0 saturated carbocycles. The number of amides is 1. The third kappa shape index (κ3) is 3.11. The number of ether oxygens (including phenoxy) is 1. The second-order valence-corrected chi connectivity index (χ2v) is 4.74. The number of aromatic nitrogens is 2. The molecule has 7 nitrogen and oxygen atoms in total. The second kappa shape index (κ2) is 5.96. The first kappa shape index (κ1) is 14.4. The predicted molar refractivity (Wildman–Crippen MR) is 69.4 cm³/mol. The fraction of sp³-hybridized carbons (Fsp3) is 0.538. The van der Waals surface area contributed by atoms with Gasteiger partial charge in [-0.25, -0.2) is 9.97 Å². The summed E-state index contributed by atoms with van der Waals surface area (Å²) >= 11 is 0. The first-order valence-electron chi connectivity index (χ1n) is 6.39. The van der Waals surface area contributed by atoms with Gasteiger partial charge in [0.1, 0.15) is 5.82 Å². The Labute approximate surface area is 116 Å². The molecule has 1 aliphatic heterocycles. The van der Waals surface area contributed by atoms with E-state index in [0.29, 0.717) is 30.2 Å². The van der Waals surface area contributed by atoms with Gasteiger partial charge in [0.25, 0.3) is 5.91 Å². The molecular formula is C13H17N3O4. The maximum atomic E-state index is 12.5. The smallest absolute Gasteiger partial charge is 0.305 e. The standard InChI is InChI=1S/C13H17N3O4/c1-8-11(6-14-9(2)15-8)13(19)16-3-4-20-7-10(16)5-12(17)18/h6,10H,3-5,7H2,1-2H3,(H,17,18). The lowest BCUT2D eigenvalue weighted by atomic mass is 10.1. The largest absolute Gasteiger partial charge is 0.481 e. The Balaban J connectivity index is 2.22. The minimum atomic E-state index is -0.949. The van der Waals surface area contributed by atoms with Gasteiger partial charge in [-0.2, -0.15) is 0 Å². The van der Waals surface area contributed by atoms with Crippen LogP contribution in [0.25, 0.3) is 0 Å². The molecule has 7 heteroatoms. The van der Waals surface area contributed by atoms with Crippen molar-refractivity contribution in [2.24, 2.45) is 0 Å². The van der Waals surface area contributed by atoms with E-state index in [-0.39, 0.29) is 18.9 Å². The highest BCUT2D eigenvalue weighted by Gasteiger charge is 2.30. The Morgan fingerprint density at radius 3 is 2.90 bits per heavy atom. The summed E-state index contributed by atoms with van der Waals surface area (Å²) in [5.74, 6) is -0.588. The molecule has 1 saturated heterocycles. The van der Waals surface area contributed by atoms with E-state index >= 15 is 0 Å². The van der Waals surface area contributed by atoms with E-state index in [0.717, 1.165) is 0 Å². The number of carbonyl (C=O) groups excluding carboxylic acids is 1. The van der Waals surface area contributed by atoms with Gasteiger partial charge in [0.2, 0.25) is 0 Å². The van der Waals surface area contributed by atoms with Crippen molar-refractivity contribution >= 4 is 11.9 Å². The average molecular weight is 279 g/mol. The van der Waals surface area contributed by atoms with Crippen LogP contribution in [0.1, 0.15) is 28.3 Å². The first-order chi connectivity index (χ1) is 9.49. The summed E-state index contributed by atoms with van der Waals surface area (Å²) in [7, 11) is 0. The molecule has 0 bridgehead atoms. The number of carboxylic acids is 1. The molecule has 0 spiro atoms. The van der Waals surface area contributed by atoms with Gasteiger partial charge in [-0.15, -0.1) is 0 Å². The van der Waals surface area contributed by atoms with Crippen LogP contribution in [0.15, 0.2) is 6.20 Å². The molecule has 0 radical (unpaired) electrons. The zero-order valence-corrected chi connectivity index (χ0v) is 11.5. The highest BCUT2D eigenvalue weighted by Crippen LogP contribution is 2.16. The quantitative estimate of drug-likeness (QED) is 0.861. The maximum Gasteiger partial charge on any atom is 0.305 e. The Morgan fingerprint density at radius 2 is 2.25 bits per heavy atom. The number of morpholine rings is 1. The number of hydrogen-bond acceptors (Lipinski definition) is 5. The molecule has 20 heavy (non-hydrogen) atoms. The second-order valence-electron chi connectivity index (χ2n) is 4.74. The molecule has 1 amide bonds. The number of carbonyl (C=O) groups is 2. The average Bonchev–Trinajstić information content (AvgIpc) is 2.38. The molecule has 1 aliphatic rings. The summed E-state index contributed by atoms with van der Waals surface area (Å²) in [4.78, 5) is 33.1. The fourth-order valence-electron chi connectivity index (χ4n) is 2.24. The Hall–Kier alpha value is -2.02. The van der Waals surface area contributed by atoms with Crippen molar-refractivity contribution in [3.05, 3.63) is 23.3 Å². The van der Waals surface area contributed by atoms with Gasteiger partial charge < -0.3 is 14.7 Å². The number of rotatable bonds is 3. The van der Waals surface area contributed by atoms with Crippen molar-refractivity contribution in [3.8, 4) is 0 Å². The van der Waals surface area contributed by atoms with Crippen LogP contribution in [-0.4, -0.2) is 57.7 Å². The van der Waals surface area contributed by atoms with Gasteiger partial charge in [-0.05, 0) is 13.8 Å². The molecule has 2 rings (SSSR count). The zero-order valence-electron chi connectivity index (χ0n) is 11.5. The van der Waals surface area contributed by atoms with Gasteiger partial charge in [0, 0.05) is 12.7 Å². The topological polar surface area (TPSA) is 92.6 Å². The molecular weight excluding hydrogens is 262 g/mol.